The second-order valence-electron chi connectivity index (χ2n) is 6.38. The zero-order chi connectivity index (χ0) is 12.4. The lowest BCUT2D eigenvalue weighted by Gasteiger charge is -2.39. The molecule has 0 aliphatic carbocycles. The molecule has 0 aromatic heterocycles. The van der Waals surface area contributed by atoms with Gasteiger partial charge in [-0.05, 0) is 51.7 Å². The number of rotatable bonds is 2. The van der Waals surface area contributed by atoms with Crippen LogP contribution in [0.1, 0.15) is 45.4 Å². The molecule has 18 heavy (non-hydrogen) atoms. The molecule has 1 spiro atoms. The first-order valence-corrected chi connectivity index (χ1v) is 7.92. The summed E-state index contributed by atoms with van der Waals surface area (Å²) in [6, 6.07) is 0.721. The Morgan fingerprint density at radius 2 is 1.78 bits per heavy atom. The molecular formula is C15H28N2O. The third kappa shape index (κ3) is 2.59. The summed E-state index contributed by atoms with van der Waals surface area (Å²) in [6.07, 6.45) is 8.03. The summed E-state index contributed by atoms with van der Waals surface area (Å²) in [5.41, 5.74) is 0.244. The lowest BCUT2D eigenvalue weighted by Crippen LogP contribution is -2.45. The lowest BCUT2D eigenvalue weighted by atomic mass is 9.87. The molecule has 0 aromatic rings. The summed E-state index contributed by atoms with van der Waals surface area (Å²) in [4.78, 5) is 5.26. The molecule has 3 aliphatic rings. The van der Waals surface area contributed by atoms with Crippen LogP contribution in [0, 0.1) is 0 Å². The molecule has 1 atom stereocenters. The summed E-state index contributed by atoms with van der Waals surface area (Å²) in [7, 11) is 0. The summed E-state index contributed by atoms with van der Waals surface area (Å²) >= 11 is 0. The third-order valence-electron chi connectivity index (χ3n) is 5.31. The van der Waals surface area contributed by atoms with Gasteiger partial charge in [-0.3, -0.25) is 4.90 Å². The molecule has 1 unspecified atom stereocenters. The van der Waals surface area contributed by atoms with Crippen molar-refractivity contribution in [2.75, 3.05) is 39.3 Å². The summed E-state index contributed by atoms with van der Waals surface area (Å²) in [5.74, 6) is 0. The minimum absolute atomic E-state index is 0.244. The Kier molecular flexibility index (Phi) is 3.92. The highest BCUT2D eigenvalue weighted by Gasteiger charge is 2.44. The van der Waals surface area contributed by atoms with E-state index in [0.717, 1.165) is 12.6 Å². The molecule has 0 saturated carbocycles. The van der Waals surface area contributed by atoms with Crippen molar-refractivity contribution < 1.29 is 4.74 Å². The highest BCUT2D eigenvalue weighted by Crippen LogP contribution is 2.38. The number of hydrogen-bond donors (Lipinski definition) is 0. The van der Waals surface area contributed by atoms with Crippen LogP contribution in [0.4, 0.5) is 0 Å². The molecule has 3 aliphatic heterocycles. The standard InChI is InChI=1S/C15H28N2O/c1-2-16-10-6-15(7-11-16)12-14(13-18-15)17-8-4-3-5-9-17/h14H,2-13H2,1H3. The Hall–Kier alpha value is -0.120. The minimum atomic E-state index is 0.244. The van der Waals surface area contributed by atoms with Crippen molar-refractivity contribution in [1.82, 2.24) is 9.80 Å². The molecule has 0 radical (unpaired) electrons. The van der Waals surface area contributed by atoms with Crippen molar-refractivity contribution in [3.05, 3.63) is 0 Å². The molecule has 0 bridgehead atoms. The Labute approximate surface area is 111 Å². The van der Waals surface area contributed by atoms with Crippen LogP contribution < -0.4 is 0 Å². The van der Waals surface area contributed by atoms with Gasteiger partial charge in [-0.2, -0.15) is 0 Å². The fourth-order valence-corrected chi connectivity index (χ4v) is 3.96. The molecule has 104 valence electrons. The first kappa shape index (κ1) is 12.9. The van der Waals surface area contributed by atoms with E-state index >= 15 is 0 Å². The van der Waals surface area contributed by atoms with Crippen LogP contribution >= 0.6 is 0 Å². The molecule has 0 amide bonds. The second-order valence-corrected chi connectivity index (χ2v) is 6.38. The molecule has 3 nitrogen and oxygen atoms in total. The number of hydrogen-bond acceptors (Lipinski definition) is 3. The maximum Gasteiger partial charge on any atom is 0.0723 e. The van der Waals surface area contributed by atoms with Crippen molar-refractivity contribution in [2.24, 2.45) is 0 Å². The predicted molar refractivity (Wildman–Crippen MR) is 73.9 cm³/mol. The van der Waals surface area contributed by atoms with Gasteiger partial charge in [0.2, 0.25) is 0 Å². The van der Waals surface area contributed by atoms with Crippen LogP contribution in [0.3, 0.4) is 0 Å². The van der Waals surface area contributed by atoms with Gasteiger partial charge in [0.25, 0.3) is 0 Å². The van der Waals surface area contributed by atoms with Gasteiger partial charge in [0.15, 0.2) is 0 Å². The number of ether oxygens (including phenoxy) is 1. The summed E-state index contributed by atoms with van der Waals surface area (Å²) < 4.78 is 6.27. The topological polar surface area (TPSA) is 15.7 Å². The van der Waals surface area contributed by atoms with Gasteiger partial charge in [0.05, 0.1) is 12.2 Å². The summed E-state index contributed by atoms with van der Waals surface area (Å²) in [5, 5.41) is 0. The van der Waals surface area contributed by atoms with E-state index in [4.69, 9.17) is 4.74 Å². The maximum absolute atomic E-state index is 6.27. The van der Waals surface area contributed by atoms with Crippen molar-refractivity contribution in [3.8, 4) is 0 Å². The number of nitrogens with zero attached hydrogens (tertiary/aromatic N) is 2. The first-order valence-electron chi connectivity index (χ1n) is 7.92. The predicted octanol–water partition coefficient (Wildman–Crippen LogP) is 2.12. The zero-order valence-electron chi connectivity index (χ0n) is 11.9. The highest BCUT2D eigenvalue weighted by molar-refractivity contribution is 4.97. The molecule has 3 heterocycles. The van der Waals surface area contributed by atoms with Gasteiger partial charge in [-0.15, -0.1) is 0 Å². The van der Waals surface area contributed by atoms with Crippen molar-refractivity contribution >= 4 is 0 Å². The molecule has 3 saturated heterocycles. The first-order chi connectivity index (χ1) is 8.81. The van der Waals surface area contributed by atoms with E-state index in [1.165, 1.54) is 71.2 Å². The van der Waals surface area contributed by atoms with Gasteiger partial charge in [0.1, 0.15) is 0 Å². The Morgan fingerprint density at radius 3 is 2.44 bits per heavy atom. The largest absolute Gasteiger partial charge is 0.373 e. The van der Waals surface area contributed by atoms with Gasteiger partial charge in [0, 0.05) is 19.1 Å². The van der Waals surface area contributed by atoms with E-state index in [0.29, 0.717) is 0 Å². The fraction of sp³-hybridized carbons (Fsp3) is 1.00. The average Bonchev–Trinajstić information content (AvgIpc) is 2.85. The normalized spacial score (nSPS) is 34.2. The molecule has 3 fully saturated rings. The molecule has 3 rings (SSSR count). The van der Waals surface area contributed by atoms with E-state index < -0.39 is 0 Å². The van der Waals surface area contributed by atoms with E-state index in [2.05, 4.69) is 16.7 Å². The van der Waals surface area contributed by atoms with E-state index in [1.54, 1.807) is 0 Å². The SMILES string of the molecule is CCN1CCC2(CC1)CC(N1CCCCC1)CO2. The van der Waals surface area contributed by atoms with Crippen molar-refractivity contribution in [3.63, 3.8) is 0 Å². The van der Waals surface area contributed by atoms with Crippen LogP contribution in [-0.2, 0) is 4.74 Å². The fourth-order valence-electron chi connectivity index (χ4n) is 3.96. The number of likely N-dealkylation sites (tertiary alicyclic amines) is 2. The van der Waals surface area contributed by atoms with Crippen molar-refractivity contribution in [1.29, 1.82) is 0 Å². The van der Waals surface area contributed by atoms with E-state index in [1.807, 2.05) is 0 Å². The highest BCUT2D eigenvalue weighted by atomic mass is 16.5. The van der Waals surface area contributed by atoms with Gasteiger partial charge < -0.3 is 9.64 Å². The zero-order valence-corrected chi connectivity index (χ0v) is 11.9. The third-order valence-corrected chi connectivity index (χ3v) is 5.31. The van der Waals surface area contributed by atoms with Crippen LogP contribution in [-0.4, -0.2) is 60.8 Å². The molecule has 0 aromatic carbocycles. The Balaban J connectivity index is 1.54. The molecule has 0 N–H and O–H groups in total. The second kappa shape index (κ2) is 5.48. The lowest BCUT2D eigenvalue weighted by molar-refractivity contribution is -0.0430. The average molecular weight is 252 g/mol. The van der Waals surface area contributed by atoms with E-state index in [-0.39, 0.29) is 5.60 Å². The van der Waals surface area contributed by atoms with Crippen LogP contribution in [0.25, 0.3) is 0 Å². The van der Waals surface area contributed by atoms with Crippen LogP contribution in [0.2, 0.25) is 0 Å². The molecular weight excluding hydrogens is 224 g/mol. The van der Waals surface area contributed by atoms with Crippen LogP contribution in [0.5, 0.6) is 0 Å². The number of piperidine rings is 2. The summed E-state index contributed by atoms with van der Waals surface area (Å²) in [6.45, 7) is 9.56. The molecule has 3 heteroatoms. The van der Waals surface area contributed by atoms with Gasteiger partial charge in [-0.25, -0.2) is 0 Å². The minimum Gasteiger partial charge on any atom is -0.373 e. The Bertz CT molecular complexity index is 268. The quantitative estimate of drug-likeness (QED) is 0.748. The van der Waals surface area contributed by atoms with Gasteiger partial charge in [-0.1, -0.05) is 13.3 Å². The smallest absolute Gasteiger partial charge is 0.0723 e. The maximum atomic E-state index is 6.27. The monoisotopic (exact) mass is 252 g/mol. The Morgan fingerprint density at radius 1 is 1.06 bits per heavy atom. The van der Waals surface area contributed by atoms with E-state index in [9.17, 15) is 0 Å². The van der Waals surface area contributed by atoms with Crippen molar-refractivity contribution in [2.45, 2.75) is 57.1 Å². The van der Waals surface area contributed by atoms with Gasteiger partial charge >= 0.3 is 0 Å². The van der Waals surface area contributed by atoms with Crippen LogP contribution in [0.15, 0.2) is 0 Å².